The van der Waals surface area contributed by atoms with Crippen molar-refractivity contribution in [3.63, 3.8) is 0 Å². The zero-order valence-electron chi connectivity index (χ0n) is 12.0. The average molecular weight is 262 g/mol. The Hall–Kier alpha value is -0.0500. The lowest BCUT2D eigenvalue weighted by atomic mass is 10.1. The highest BCUT2D eigenvalue weighted by Gasteiger charge is 2.10. The maximum atomic E-state index is 11.7. The molecule has 0 aliphatic rings. The largest absolute Gasteiger partial charge is 0.229 e. The number of rotatable bonds is 10. The van der Waals surface area contributed by atoms with Crippen LogP contribution < -0.4 is 0 Å². The fourth-order valence-corrected chi connectivity index (χ4v) is 3.34. The topological polar surface area (TPSA) is 34.1 Å². The molecule has 0 saturated heterocycles. The van der Waals surface area contributed by atoms with Gasteiger partial charge < -0.3 is 0 Å². The Labute approximate surface area is 108 Å². The summed E-state index contributed by atoms with van der Waals surface area (Å²) >= 11 is 0. The molecule has 2 nitrogen and oxygen atoms in total. The summed E-state index contributed by atoms with van der Waals surface area (Å²) in [5.41, 5.74) is 0. The first-order chi connectivity index (χ1) is 7.83. The summed E-state index contributed by atoms with van der Waals surface area (Å²) in [6, 6.07) is 0. The van der Waals surface area contributed by atoms with E-state index in [0.29, 0.717) is 23.3 Å². The van der Waals surface area contributed by atoms with E-state index in [1.54, 1.807) is 0 Å². The first-order valence-electron chi connectivity index (χ1n) is 7.04. The molecule has 0 spiro atoms. The van der Waals surface area contributed by atoms with Gasteiger partial charge >= 0.3 is 0 Å². The second kappa shape index (κ2) is 8.96. The molecule has 0 radical (unpaired) electrons. The van der Waals surface area contributed by atoms with E-state index in [4.69, 9.17) is 0 Å². The van der Waals surface area contributed by atoms with Gasteiger partial charge in [0.2, 0.25) is 0 Å². The fraction of sp³-hybridized carbons (Fsp3) is 1.00. The Kier molecular flexibility index (Phi) is 8.93. The standard InChI is InChI=1S/C14H30O2S/c1-13(2)9-5-7-11-17(15,16)12-8-6-10-14(3)4/h13-14H,5-12H2,1-4H3. The van der Waals surface area contributed by atoms with Crippen molar-refractivity contribution in [2.45, 2.75) is 66.2 Å². The molecule has 0 aromatic heterocycles. The molecule has 0 aliphatic carbocycles. The van der Waals surface area contributed by atoms with E-state index in [-0.39, 0.29) is 0 Å². The summed E-state index contributed by atoms with van der Waals surface area (Å²) in [6.07, 6.45) is 6.05. The van der Waals surface area contributed by atoms with Crippen LogP contribution in [0, 0.1) is 11.8 Å². The number of unbranched alkanes of at least 4 members (excludes halogenated alkanes) is 2. The molecule has 0 amide bonds. The van der Waals surface area contributed by atoms with Crippen LogP contribution in [0.2, 0.25) is 0 Å². The summed E-state index contributed by atoms with van der Waals surface area (Å²) in [6.45, 7) is 8.72. The molecule has 0 unspecified atom stereocenters. The second-order valence-electron chi connectivity index (χ2n) is 5.93. The maximum absolute atomic E-state index is 11.7. The predicted molar refractivity (Wildman–Crippen MR) is 76.0 cm³/mol. The van der Waals surface area contributed by atoms with Gasteiger partial charge in [-0.1, -0.05) is 53.4 Å². The molecule has 0 aliphatic heterocycles. The summed E-state index contributed by atoms with van der Waals surface area (Å²) in [4.78, 5) is 0. The van der Waals surface area contributed by atoms with Crippen molar-refractivity contribution in [1.82, 2.24) is 0 Å². The van der Waals surface area contributed by atoms with Gasteiger partial charge in [-0.05, 0) is 24.7 Å². The first-order valence-corrected chi connectivity index (χ1v) is 8.86. The molecule has 0 bridgehead atoms. The van der Waals surface area contributed by atoms with Crippen molar-refractivity contribution in [2.75, 3.05) is 11.5 Å². The van der Waals surface area contributed by atoms with E-state index in [9.17, 15) is 8.42 Å². The molecule has 0 N–H and O–H groups in total. The maximum Gasteiger partial charge on any atom is 0.150 e. The summed E-state index contributed by atoms with van der Waals surface area (Å²) in [5.74, 6) is 2.15. The Morgan fingerprint density at radius 1 is 0.706 bits per heavy atom. The second-order valence-corrected chi connectivity index (χ2v) is 8.23. The minimum atomic E-state index is -2.78. The SMILES string of the molecule is CC(C)CCCCS(=O)(=O)CCCCC(C)C. The summed E-state index contributed by atoms with van der Waals surface area (Å²) < 4.78 is 23.4. The number of hydrogen-bond acceptors (Lipinski definition) is 2. The molecule has 0 aromatic carbocycles. The highest BCUT2D eigenvalue weighted by Crippen LogP contribution is 2.10. The van der Waals surface area contributed by atoms with Crippen LogP contribution in [0.4, 0.5) is 0 Å². The minimum absolute atomic E-state index is 0.390. The zero-order valence-corrected chi connectivity index (χ0v) is 12.9. The lowest BCUT2D eigenvalue weighted by molar-refractivity contribution is 0.535. The van der Waals surface area contributed by atoms with Gasteiger partial charge in [-0.3, -0.25) is 0 Å². The molecule has 0 saturated carbocycles. The van der Waals surface area contributed by atoms with Crippen LogP contribution in [0.3, 0.4) is 0 Å². The van der Waals surface area contributed by atoms with Crippen molar-refractivity contribution < 1.29 is 8.42 Å². The van der Waals surface area contributed by atoms with Crippen LogP contribution in [-0.4, -0.2) is 19.9 Å². The van der Waals surface area contributed by atoms with Crippen molar-refractivity contribution >= 4 is 9.84 Å². The number of sulfone groups is 1. The van der Waals surface area contributed by atoms with Crippen molar-refractivity contribution in [2.24, 2.45) is 11.8 Å². The number of hydrogen-bond donors (Lipinski definition) is 0. The molecular formula is C14H30O2S. The van der Waals surface area contributed by atoms with E-state index in [1.165, 1.54) is 0 Å². The first kappa shape index (κ1) is 16.9. The molecule has 0 fully saturated rings. The van der Waals surface area contributed by atoms with Crippen molar-refractivity contribution in [3.8, 4) is 0 Å². The van der Waals surface area contributed by atoms with Gasteiger partial charge in [-0.15, -0.1) is 0 Å². The van der Waals surface area contributed by atoms with Crippen LogP contribution in [0.5, 0.6) is 0 Å². The van der Waals surface area contributed by atoms with Gasteiger partial charge in [-0.2, -0.15) is 0 Å². The van der Waals surface area contributed by atoms with Crippen LogP contribution in [0.1, 0.15) is 66.2 Å². The van der Waals surface area contributed by atoms with Crippen molar-refractivity contribution in [1.29, 1.82) is 0 Å². The molecule has 0 atom stereocenters. The zero-order chi connectivity index (χ0) is 13.3. The van der Waals surface area contributed by atoms with Crippen LogP contribution in [0.25, 0.3) is 0 Å². The third-order valence-corrected chi connectivity index (χ3v) is 4.79. The van der Waals surface area contributed by atoms with E-state index >= 15 is 0 Å². The van der Waals surface area contributed by atoms with Crippen molar-refractivity contribution in [3.05, 3.63) is 0 Å². The van der Waals surface area contributed by atoms with Crippen LogP contribution in [-0.2, 0) is 9.84 Å². The van der Waals surface area contributed by atoms with E-state index < -0.39 is 9.84 Å². The van der Waals surface area contributed by atoms with Crippen LogP contribution >= 0.6 is 0 Å². The molecule has 0 heterocycles. The Morgan fingerprint density at radius 2 is 1.06 bits per heavy atom. The third kappa shape index (κ3) is 12.2. The highest BCUT2D eigenvalue weighted by atomic mass is 32.2. The Bertz CT molecular complexity index is 244. The van der Waals surface area contributed by atoms with Gasteiger partial charge in [0.1, 0.15) is 9.84 Å². The summed E-state index contributed by atoms with van der Waals surface area (Å²) in [5, 5.41) is 0. The Balaban J connectivity index is 3.59. The quantitative estimate of drug-likeness (QED) is 0.556. The van der Waals surface area contributed by atoms with E-state index in [1.807, 2.05) is 0 Å². The molecule has 17 heavy (non-hydrogen) atoms. The molecule has 0 aromatic rings. The van der Waals surface area contributed by atoms with E-state index in [2.05, 4.69) is 27.7 Å². The van der Waals surface area contributed by atoms with Gasteiger partial charge in [-0.25, -0.2) is 8.42 Å². The van der Waals surface area contributed by atoms with Crippen LogP contribution in [0.15, 0.2) is 0 Å². The van der Waals surface area contributed by atoms with Gasteiger partial charge in [0.25, 0.3) is 0 Å². The monoisotopic (exact) mass is 262 g/mol. The lowest BCUT2D eigenvalue weighted by Crippen LogP contribution is -2.11. The smallest absolute Gasteiger partial charge is 0.150 e. The molecule has 104 valence electrons. The highest BCUT2D eigenvalue weighted by molar-refractivity contribution is 7.91. The third-order valence-electron chi connectivity index (χ3n) is 2.97. The summed E-state index contributed by atoms with van der Waals surface area (Å²) in [7, 11) is -2.78. The normalized spacial score (nSPS) is 12.6. The minimum Gasteiger partial charge on any atom is -0.229 e. The van der Waals surface area contributed by atoms with Gasteiger partial charge in [0.05, 0.1) is 11.5 Å². The fourth-order valence-electron chi connectivity index (χ4n) is 1.85. The predicted octanol–water partition coefficient (Wildman–Crippen LogP) is 4.05. The average Bonchev–Trinajstić information content (AvgIpc) is 2.19. The van der Waals surface area contributed by atoms with Gasteiger partial charge in [0.15, 0.2) is 0 Å². The molecular weight excluding hydrogens is 232 g/mol. The van der Waals surface area contributed by atoms with E-state index in [0.717, 1.165) is 38.5 Å². The Morgan fingerprint density at radius 3 is 1.35 bits per heavy atom. The molecule has 0 rings (SSSR count). The molecule has 3 heteroatoms. The lowest BCUT2D eigenvalue weighted by Gasteiger charge is -2.07. The van der Waals surface area contributed by atoms with Gasteiger partial charge in [0, 0.05) is 0 Å².